The topological polar surface area (TPSA) is 85.9 Å². The van der Waals surface area contributed by atoms with Crippen LogP contribution in [0.1, 0.15) is 38.5 Å². The van der Waals surface area contributed by atoms with Crippen LogP contribution in [0.15, 0.2) is 48.5 Å². The molecule has 2 N–H and O–H groups in total. The number of rotatable bonds is 11. The number of ether oxygens (including phenoxy) is 3. The molecule has 0 spiro atoms. The molecule has 0 unspecified atom stereocenters. The van der Waals surface area contributed by atoms with E-state index >= 15 is 0 Å². The molecule has 172 valence electrons. The lowest BCUT2D eigenvalue weighted by atomic mass is 9.87. The van der Waals surface area contributed by atoms with Crippen molar-refractivity contribution in [1.82, 2.24) is 0 Å². The van der Waals surface area contributed by atoms with Crippen LogP contribution < -0.4 is 20.1 Å². The Morgan fingerprint density at radius 2 is 1.34 bits per heavy atom. The zero-order valence-electron chi connectivity index (χ0n) is 18.6. The Morgan fingerprint density at radius 3 is 1.88 bits per heavy atom. The van der Waals surface area contributed by atoms with Crippen LogP contribution in [0.4, 0.5) is 11.4 Å². The summed E-state index contributed by atoms with van der Waals surface area (Å²) in [5.74, 6) is 1.63. The smallest absolute Gasteiger partial charge is 0.250 e. The van der Waals surface area contributed by atoms with E-state index in [1.807, 2.05) is 12.1 Å². The highest BCUT2D eigenvalue weighted by atomic mass is 16.5. The van der Waals surface area contributed by atoms with Crippen molar-refractivity contribution in [3.8, 4) is 11.5 Å². The lowest BCUT2D eigenvalue weighted by Gasteiger charge is -2.21. The summed E-state index contributed by atoms with van der Waals surface area (Å²) in [6, 6.07) is 14.2. The summed E-state index contributed by atoms with van der Waals surface area (Å²) >= 11 is 0. The highest BCUT2D eigenvalue weighted by Gasteiger charge is 2.13. The molecular weight excluding hydrogens is 408 g/mol. The van der Waals surface area contributed by atoms with Crippen molar-refractivity contribution in [3.63, 3.8) is 0 Å². The molecule has 1 aliphatic carbocycles. The van der Waals surface area contributed by atoms with Crippen LogP contribution in [0.2, 0.25) is 0 Å². The Hall–Kier alpha value is -3.06. The summed E-state index contributed by atoms with van der Waals surface area (Å²) in [5, 5.41) is 5.44. The lowest BCUT2D eigenvalue weighted by molar-refractivity contribution is -0.125. The Kier molecular flexibility index (Phi) is 9.37. The Labute approximate surface area is 189 Å². The second-order valence-corrected chi connectivity index (χ2v) is 7.98. The maximum atomic E-state index is 12.0. The molecule has 2 aromatic carbocycles. The van der Waals surface area contributed by atoms with Gasteiger partial charge in [-0.3, -0.25) is 9.59 Å². The summed E-state index contributed by atoms with van der Waals surface area (Å²) in [6.45, 7) is 0.297. The van der Waals surface area contributed by atoms with Crippen molar-refractivity contribution in [1.29, 1.82) is 0 Å². The second-order valence-electron chi connectivity index (χ2n) is 7.98. The molecule has 0 heterocycles. The summed E-state index contributed by atoms with van der Waals surface area (Å²) in [7, 11) is 1.58. The summed E-state index contributed by atoms with van der Waals surface area (Å²) in [6.07, 6.45) is 7.79. The fourth-order valence-electron chi connectivity index (χ4n) is 3.76. The number of anilines is 2. The van der Waals surface area contributed by atoms with Crippen LogP contribution in [-0.4, -0.2) is 38.7 Å². The van der Waals surface area contributed by atoms with E-state index in [0.717, 1.165) is 24.7 Å². The molecule has 32 heavy (non-hydrogen) atoms. The van der Waals surface area contributed by atoms with E-state index in [1.54, 1.807) is 43.5 Å². The first-order chi connectivity index (χ1) is 15.6. The minimum atomic E-state index is -0.335. The normalized spacial score (nSPS) is 13.9. The standard InChI is InChI=1S/C25H32N2O5/c1-30-22-11-7-20(8-12-22)26-24(28)17-31-18-25(29)27-21-9-13-23(14-10-21)32-16-15-19-5-3-2-4-6-19/h7-14,19H,2-6,15-18H2,1H3,(H,26,28)(H,27,29). The number of benzene rings is 2. The molecule has 0 bridgehead atoms. The fourth-order valence-corrected chi connectivity index (χ4v) is 3.76. The van der Waals surface area contributed by atoms with E-state index < -0.39 is 0 Å². The van der Waals surface area contributed by atoms with Gasteiger partial charge >= 0.3 is 0 Å². The monoisotopic (exact) mass is 440 g/mol. The predicted octanol–water partition coefficient (Wildman–Crippen LogP) is 4.64. The van der Waals surface area contributed by atoms with Gasteiger partial charge in [0.15, 0.2) is 0 Å². The molecule has 0 radical (unpaired) electrons. The molecule has 1 saturated carbocycles. The molecule has 1 aliphatic rings. The molecule has 0 atom stereocenters. The maximum Gasteiger partial charge on any atom is 0.250 e. The lowest BCUT2D eigenvalue weighted by Crippen LogP contribution is -2.23. The van der Waals surface area contributed by atoms with Gasteiger partial charge in [0.2, 0.25) is 11.8 Å². The number of methoxy groups -OCH3 is 1. The minimum absolute atomic E-state index is 0.213. The third-order valence-corrected chi connectivity index (χ3v) is 5.50. The number of carbonyl (C=O) groups excluding carboxylic acids is 2. The Balaban J connectivity index is 1.30. The molecule has 3 rings (SSSR count). The highest BCUT2D eigenvalue weighted by molar-refractivity contribution is 5.93. The van der Waals surface area contributed by atoms with Gasteiger partial charge in [-0.25, -0.2) is 0 Å². The number of amides is 2. The fraction of sp³-hybridized carbons (Fsp3) is 0.440. The van der Waals surface area contributed by atoms with E-state index in [4.69, 9.17) is 14.2 Å². The number of hydrogen-bond acceptors (Lipinski definition) is 5. The molecule has 0 aliphatic heterocycles. The van der Waals surface area contributed by atoms with Gasteiger partial charge in [0.25, 0.3) is 0 Å². The Morgan fingerprint density at radius 1 is 0.812 bits per heavy atom. The van der Waals surface area contributed by atoms with E-state index in [-0.39, 0.29) is 25.0 Å². The highest BCUT2D eigenvalue weighted by Crippen LogP contribution is 2.26. The van der Waals surface area contributed by atoms with Crippen molar-refractivity contribution >= 4 is 23.2 Å². The zero-order chi connectivity index (χ0) is 22.6. The molecule has 7 nitrogen and oxygen atoms in total. The number of carbonyl (C=O) groups is 2. The molecule has 2 aromatic rings. The molecule has 2 amide bonds. The van der Waals surface area contributed by atoms with Gasteiger partial charge in [0.05, 0.1) is 13.7 Å². The minimum Gasteiger partial charge on any atom is -0.497 e. The molecular formula is C25H32N2O5. The van der Waals surface area contributed by atoms with Crippen LogP contribution >= 0.6 is 0 Å². The van der Waals surface area contributed by atoms with Gasteiger partial charge in [-0.1, -0.05) is 32.1 Å². The first-order valence-electron chi connectivity index (χ1n) is 11.2. The molecule has 0 aromatic heterocycles. The number of nitrogens with one attached hydrogen (secondary N) is 2. The van der Waals surface area contributed by atoms with E-state index in [0.29, 0.717) is 17.1 Å². The van der Waals surface area contributed by atoms with Gasteiger partial charge in [0.1, 0.15) is 24.7 Å². The Bertz CT molecular complexity index is 846. The average Bonchev–Trinajstić information content (AvgIpc) is 2.81. The van der Waals surface area contributed by atoms with E-state index in [1.165, 1.54) is 32.1 Å². The van der Waals surface area contributed by atoms with Gasteiger partial charge in [0, 0.05) is 11.4 Å². The van der Waals surface area contributed by atoms with E-state index in [2.05, 4.69) is 10.6 Å². The quantitative estimate of drug-likeness (QED) is 0.532. The summed E-state index contributed by atoms with van der Waals surface area (Å²) in [4.78, 5) is 24.0. The maximum absolute atomic E-state index is 12.0. The van der Waals surface area contributed by atoms with Gasteiger partial charge in [-0.15, -0.1) is 0 Å². The van der Waals surface area contributed by atoms with Crippen molar-refractivity contribution in [3.05, 3.63) is 48.5 Å². The van der Waals surface area contributed by atoms with Crippen LogP contribution in [0.3, 0.4) is 0 Å². The summed E-state index contributed by atoms with van der Waals surface area (Å²) in [5.41, 5.74) is 1.28. The van der Waals surface area contributed by atoms with Crippen LogP contribution in [0.25, 0.3) is 0 Å². The van der Waals surface area contributed by atoms with Gasteiger partial charge in [-0.05, 0) is 60.9 Å². The first-order valence-corrected chi connectivity index (χ1v) is 11.2. The van der Waals surface area contributed by atoms with Crippen LogP contribution in [0.5, 0.6) is 11.5 Å². The van der Waals surface area contributed by atoms with Crippen molar-refractivity contribution in [2.75, 3.05) is 37.6 Å². The molecule has 0 saturated heterocycles. The predicted molar refractivity (Wildman–Crippen MR) is 124 cm³/mol. The van der Waals surface area contributed by atoms with Crippen LogP contribution in [0, 0.1) is 5.92 Å². The second kappa shape index (κ2) is 12.7. The van der Waals surface area contributed by atoms with E-state index in [9.17, 15) is 9.59 Å². The van der Waals surface area contributed by atoms with Crippen LogP contribution in [-0.2, 0) is 14.3 Å². The third kappa shape index (κ3) is 8.23. The largest absolute Gasteiger partial charge is 0.497 e. The van der Waals surface area contributed by atoms with Crippen molar-refractivity contribution < 1.29 is 23.8 Å². The number of hydrogen-bond donors (Lipinski definition) is 2. The van der Waals surface area contributed by atoms with Gasteiger partial charge in [-0.2, -0.15) is 0 Å². The average molecular weight is 441 g/mol. The zero-order valence-corrected chi connectivity index (χ0v) is 18.6. The SMILES string of the molecule is COc1ccc(NC(=O)COCC(=O)Nc2ccc(OCCC3CCCCC3)cc2)cc1. The van der Waals surface area contributed by atoms with Crippen molar-refractivity contribution in [2.45, 2.75) is 38.5 Å². The van der Waals surface area contributed by atoms with Crippen molar-refractivity contribution in [2.24, 2.45) is 5.92 Å². The first kappa shape index (κ1) is 23.6. The molecule has 1 fully saturated rings. The molecule has 7 heteroatoms. The third-order valence-electron chi connectivity index (χ3n) is 5.50. The van der Waals surface area contributed by atoms with Gasteiger partial charge < -0.3 is 24.8 Å². The summed E-state index contributed by atoms with van der Waals surface area (Å²) < 4.78 is 16.1.